The minimum absolute atomic E-state index is 0.166. The van der Waals surface area contributed by atoms with E-state index >= 15 is 0 Å². The van der Waals surface area contributed by atoms with Crippen molar-refractivity contribution in [3.63, 3.8) is 0 Å². The van der Waals surface area contributed by atoms with Gasteiger partial charge >= 0.3 is 6.09 Å². The Morgan fingerprint density at radius 3 is 2.37 bits per heavy atom. The van der Waals surface area contributed by atoms with Crippen LogP contribution >= 0.6 is 11.6 Å². The van der Waals surface area contributed by atoms with Crippen LogP contribution in [0.1, 0.15) is 0 Å². The van der Waals surface area contributed by atoms with Crippen LogP contribution in [0.2, 0.25) is 0 Å². The highest BCUT2D eigenvalue weighted by Gasteiger charge is 2.06. The second-order valence-electron chi connectivity index (χ2n) is 3.45. The number of alkyl halides is 1. The van der Waals surface area contributed by atoms with Gasteiger partial charge in [-0.2, -0.15) is 0 Å². The lowest BCUT2D eigenvalue weighted by atomic mass is 10.3. The molecular weight excluding hydrogens is 270 g/mol. The van der Waals surface area contributed by atoms with E-state index in [1.54, 1.807) is 30.4 Å². The van der Waals surface area contributed by atoms with Crippen molar-refractivity contribution in [2.45, 2.75) is 0 Å². The summed E-state index contributed by atoms with van der Waals surface area (Å²) < 4.78 is 15.1. The summed E-state index contributed by atoms with van der Waals surface area (Å²) in [5, 5.41) is 2.58. The van der Waals surface area contributed by atoms with Crippen LogP contribution in [0, 0.1) is 0 Å². The number of allylic oxidation sites excluding steroid dienone is 1. The van der Waals surface area contributed by atoms with E-state index in [1.807, 2.05) is 0 Å². The van der Waals surface area contributed by atoms with E-state index < -0.39 is 6.09 Å². The molecule has 0 saturated heterocycles. The summed E-state index contributed by atoms with van der Waals surface area (Å²) in [4.78, 5) is 11.5. The van der Waals surface area contributed by atoms with Gasteiger partial charge in [0.25, 0.3) is 0 Å². The Bertz CT molecular complexity index is 426. The number of anilines is 1. The molecule has 1 aromatic carbocycles. The van der Waals surface area contributed by atoms with E-state index in [2.05, 4.69) is 5.32 Å². The second kappa shape index (κ2) is 8.26. The van der Waals surface area contributed by atoms with E-state index in [-0.39, 0.29) is 6.61 Å². The van der Waals surface area contributed by atoms with Crippen molar-refractivity contribution in [1.82, 2.24) is 0 Å². The van der Waals surface area contributed by atoms with Crippen LogP contribution in [-0.2, 0) is 4.74 Å². The predicted octanol–water partition coefficient (Wildman–Crippen LogP) is 3.05. The summed E-state index contributed by atoms with van der Waals surface area (Å²) in [7, 11) is 3.07. The molecule has 0 spiro atoms. The van der Waals surface area contributed by atoms with Crippen molar-refractivity contribution in [1.29, 1.82) is 0 Å². The fourth-order valence-corrected chi connectivity index (χ4v) is 1.41. The number of hydrogen-bond donors (Lipinski definition) is 1. The summed E-state index contributed by atoms with van der Waals surface area (Å²) in [6.07, 6.45) is 2.80. The third-order valence-electron chi connectivity index (χ3n) is 2.16. The van der Waals surface area contributed by atoms with Crippen molar-refractivity contribution >= 4 is 23.4 Å². The van der Waals surface area contributed by atoms with E-state index in [0.29, 0.717) is 23.1 Å². The van der Waals surface area contributed by atoms with Crippen LogP contribution in [-0.4, -0.2) is 32.8 Å². The largest absolute Gasteiger partial charge is 0.497 e. The first kappa shape index (κ1) is 15.2. The molecule has 0 fully saturated rings. The third kappa shape index (κ3) is 5.52. The van der Waals surface area contributed by atoms with Crippen LogP contribution < -0.4 is 14.8 Å². The van der Waals surface area contributed by atoms with Gasteiger partial charge in [-0.1, -0.05) is 6.08 Å². The third-order valence-corrected chi connectivity index (χ3v) is 2.34. The molecule has 6 heteroatoms. The fourth-order valence-electron chi connectivity index (χ4n) is 1.29. The lowest BCUT2D eigenvalue weighted by Crippen LogP contribution is -2.13. The molecule has 1 aromatic rings. The number of rotatable bonds is 6. The fraction of sp³-hybridized carbons (Fsp3) is 0.308. The summed E-state index contributed by atoms with van der Waals surface area (Å²) in [5.74, 6) is 1.55. The smallest absolute Gasteiger partial charge is 0.411 e. The zero-order valence-corrected chi connectivity index (χ0v) is 11.6. The van der Waals surface area contributed by atoms with E-state index in [1.165, 1.54) is 14.2 Å². The maximum Gasteiger partial charge on any atom is 0.411 e. The molecule has 0 aromatic heterocycles. The molecule has 0 aliphatic rings. The minimum Gasteiger partial charge on any atom is -0.497 e. The van der Waals surface area contributed by atoms with Crippen LogP contribution in [0.15, 0.2) is 30.4 Å². The van der Waals surface area contributed by atoms with Gasteiger partial charge in [0.1, 0.15) is 18.1 Å². The van der Waals surface area contributed by atoms with Gasteiger partial charge in [-0.15, -0.1) is 11.6 Å². The van der Waals surface area contributed by atoms with Gasteiger partial charge in [0, 0.05) is 24.1 Å². The maximum atomic E-state index is 11.5. The molecule has 104 valence electrons. The Morgan fingerprint density at radius 1 is 1.21 bits per heavy atom. The number of amides is 1. The standard InChI is InChI=1S/C13H16ClNO4/c1-17-11-7-10(8-12(9-11)18-2)15-13(16)19-6-4-3-5-14/h3-4,7-9H,5-6H2,1-2H3,(H,15,16)/b4-3+. The van der Waals surface area contributed by atoms with Crippen LogP contribution in [0.4, 0.5) is 10.5 Å². The Hall–Kier alpha value is -1.88. The number of benzene rings is 1. The van der Waals surface area contributed by atoms with Gasteiger partial charge in [0.15, 0.2) is 0 Å². The van der Waals surface area contributed by atoms with Crippen molar-refractivity contribution in [3.05, 3.63) is 30.4 Å². The number of carbonyl (C=O) groups is 1. The normalized spacial score (nSPS) is 10.3. The molecule has 5 nitrogen and oxygen atoms in total. The molecule has 0 saturated carbocycles. The van der Waals surface area contributed by atoms with Gasteiger partial charge in [-0.3, -0.25) is 5.32 Å². The van der Waals surface area contributed by atoms with Gasteiger partial charge in [-0.05, 0) is 6.08 Å². The quantitative estimate of drug-likeness (QED) is 0.645. The first-order chi connectivity index (χ1) is 9.19. The predicted molar refractivity (Wildman–Crippen MR) is 74.4 cm³/mol. The number of carbonyl (C=O) groups excluding carboxylic acids is 1. The first-order valence-electron chi connectivity index (χ1n) is 5.57. The van der Waals surface area contributed by atoms with Crippen molar-refractivity contribution in [3.8, 4) is 11.5 Å². The van der Waals surface area contributed by atoms with Gasteiger partial charge in [0.05, 0.1) is 19.9 Å². The summed E-state index contributed by atoms with van der Waals surface area (Å²) in [5.41, 5.74) is 0.530. The molecule has 0 aliphatic carbocycles. The maximum absolute atomic E-state index is 11.5. The number of nitrogens with one attached hydrogen (secondary N) is 1. The Morgan fingerprint density at radius 2 is 1.84 bits per heavy atom. The highest BCUT2D eigenvalue weighted by molar-refractivity contribution is 6.18. The second-order valence-corrected chi connectivity index (χ2v) is 3.76. The Labute approximate surface area is 117 Å². The lowest BCUT2D eigenvalue weighted by Gasteiger charge is -2.09. The zero-order chi connectivity index (χ0) is 14.1. The van der Waals surface area contributed by atoms with Crippen molar-refractivity contribution in [2.24, 2.45) is 0 Å². The molecule has 0 bridgehead atoms. The van der Waals surface area contributed by atoms with Crippen LogP contribution in [0.5, 0.6) is 11.5 Å². The van der Waals surface area contributed by atoms with E-state index in [0.717, 1.165) is 0 Å². The van der Waals surface area contributed by atoms with Gasteiger partial charge < -0.3 is 14.2 Å². The monoisotopic (exact) mass is 285 g/mol. The number of hydrogen-bond acceptors (Lipinski definition) is 4. The molecule has 1 amide bonds. The van der Waals surface area contributed by atoms with Crippen LogP contribution in [0.25, 0.3) is 0 Å². The highest BCUT2D eigenvalue weighted by Crippen LogP contribution is 2.25. The first-order valence-corrected chi connectivity index (χ1v) is 6.11. The molecule has 19 heavy (non-hydrogen) atoms. The van der Waals surface area contributed by atoms with Gasteiger partial charge in [-0.25, -0.2) is 4.79 Å². The Kier molecular flexibility index (Phi) is 6.60. The molecule has 0 atom stereocenters. The molecule has 1 rings (SSSR count). The SMILES string of the molecule is COc1cc(NC(=O)OC/C=C/CCl)cc(OC)c1. The van der Waals surface area contributed by atoms with Crippen LogP contribution in [0.3, 0.4) is 0 Å². The minimum atomic E-state index is -0.561. The highest BCUT2D eigenvalue weighted by atomic mass is 35.5. The molecule has 0 heterocycles. The van der Waals surface area contributed by atoms with Crippen molar-refractivity contribution in [2.75, 3.05) is 32.0 Å². The zero-order valence-electron chi connectivity index (χ0n) is 10.8. The average Bonchev–Trinajstić information content (AvgIpc) is 2.43. The summed E-state index contributed by atoms with van der Waals surface area (Å²) in [6.45, 7) is 0.166. The van der Waals surface area contributed by atoms with Crippen molar-refractivity contribution < 1.29 is 19.0 Å². The van der Waals surface area contributed by atoms with E-state index in [9.17, 15) is 4.79 Å². The van der Waals surface area contributed by atoms with E-state index in [4.69, 9.17) is 25.8 Å². The molecule has 0 radical (unpaired) electrons. The molecule has 1 N–H and O–H groups in total. The lowest BCUT2D eigenvalue weighted by molar-refractivity contribution is 0.174. The summed E-state index contributed by atoms with van der Waals surface area (Å²) >= 11 is 5.44. The Balaban J connectivity index is 2.60. The number of methoxy groups -OCH3 is 2. The van der Waals surface area contributed by atoms with Gasteiger partial charge in [0.2, 0.25) is 0 Å². The molecule has 0 unspecified atom stereocenters. The number of halogens is 1. The number of ether oxygens (including phenoxy) is 3. The topological polar surface area (TPSA) is 56.8 Å². The molecule has 0 aliphatic heterocycles. The molecular formula is C13H16ClNO4. The average molecular weight is 286 g/mol. The summed E-state index contributed by atoms with van der Waals surface area (Å²) in [6, 6.07) is 5.04.